The van der Waals surface area contributed by atoms with Crippen LogP contribution in [0.4, 0.5) is 23.2 Å². The fourth-order valence-corrected chi connectivity index (χ4v) is 3.02. The number of benzene rings is 2. The highest BCUT2D eigenvalue weighted by Crippen LogP contribution is 2.35. The van der Waals surface area contributed by atoms with Gasteiger partial charge in [0.05, 0.1) is 11.3 Å². The Labute approximate surface area is 200 Å². The van der Waals surface area contributed by atoms with Crippen LogP contribution >= 0.6 is 23.2 Å². The van der Waals surface area contributed by atoms with Crippen molar-refractivity contribution in [2.75, 3.05) is 5.73 Å². The second kappa shape index (κ2) is 10.3. The van der Waals surface area contributed by atoms with Gasteiger partial charge in [0.25, 0.3) is 0 Å². The molecule has 1 heterocycles. The van der Waals surface area contributed by atoms with Gasteiger partial charge < -0.3 is 15.3 Å². The van der Waals surface area contributed by atoms with Gasteiger partial charge in [-0.15, -0.1) is 0 Å². The molecule has 0 radical (unpaired) electrons. The van der Waals surface area contributed by atoms with Crippen LogP contribution in [0.1, 0.15) is 23.6 Å². The van der Waals surface area contributed by atoms with Gasteiger partial charge >= 0.3 is 12.1 Å². The molecule has 0 aliphatic rings. The number of anilines is 1. The van der Waals surface area contributed by atoms with E-state index >= 15 is 0 Å². The minimum absolute atomic E-state index is 0.0906. The zero-order valence-corrected chi connectivity index (χ0v) is 18.7. The maximum absolute atomic E-state index is 13.7. The van der Waals surface area contributed by atoms with E-state index in [1.54, 1.807) is 30.3 Å². The largest absolute Gasteiger partial charge is 0.461 e. The number of hydrogen-bond acceptors (Lipinski definition) is 6. The monoisotopic (exact) mass is 515 g/mol. The van der Waals surface area contributed by atoms with E-state index in [0.29, 0.717) is 5.56 Å². The fourth-order valence-electron chi connectivity index (χ4n) is 2.65. The number of nitrogens with two attached hydrogens (primary N) is 1. The van der Waals surface area contributed by atoms with Gasteiger partial charge in [-0.25, -0.2) is 4.79 Å². The number of alkyl halides is 3. The number of nitrogen functional groups attached to an aromatic ring is 1. The molecule has 0 bridgehead atoms. The zero-order chi connectivity index (χ0) is 25.0. The van der Waals surface area contributed by atoms with Gasteiger partial charge in [-0.1, -0.05) is 70.8 Å². The number of ether oxygens (including phenoxy) is 1. The topological polar surface area (TPSA) is 86.8 Å². The number of carbonyl (C=O) groups excluding carboxylic acids is 1. The van der Waals surface area contributed by atoms with E-state index in [9.17, 15) is 22.4 Å². The summed E-state index contributed by atoms with van der Waals surface area (Å²) in [5, 5.41) is 3.02. The van der Waals surface area contributed by atoms with Crippen molar-refractivity contribution in [3.05, 3.63) is 87.3 Å². The molecular weight excluding hydrogens is 501 g/mol. The number of pyridine rings is 1. The maximum Gasteiger partial charge on any atom is 0.416 e. The third kappa shape index (κ3) is 5.75. The van der Waals surface area contributed by atoms with Crippen LogP contribution in [0.3, 0.4) is 0 Å². The van der Waals surface area contributed by atoms with Crippen LogP contribution in [0.15, 0.2) is 59.8 Å². The molecule has 0 fully saturated rings. The molecule has 0 aliphatic carbocycles. The second-order valence-corrected chi connectivity index (χ2v) is 7.56. The number of carbonyl (C=O) groups is 1. The van der Waals surface area contributed by atoms with E-state index < -0.39 is 40.7 Å². The zero-order valence-electron chi connectivity index (χ0n) is 17.2. The summed E-state index contributed by atoms with van der Waals surface area (Å²) in [4.78, 5) is 20.8. The lowest BCUT2D eigenvalue weighted by Gasteiger charge is -2.14. The van der Waals surface area contributed by atoms with E-state index in [-0.39, 0.29) is 22.0 Å². The Hall–Kier alpha value is -3.37. The SMILES string of the molecule is C[C@@H](Oc1nc(F)c(Cl)c(N)c1Cl)C(=O)O/N=C(/c1ccccc1)c1ccc(C(F)(F)F)cc1. The number of oxime groups is 1. The summed E-state index contributed by atoms with van der Waals surface area (Å²) in [5.74, 6) is -2.65. The number of halogens is 6. The average Bonchev–Trinajstić information content (AvgIpc) is 2.81. The summed E-state index contributed by atoms with van der Waals surface area (Å²) in [5.41, 5.74) is 5.23. The molecule has 2 aromatic carbocycles. The Morgan fingerprint density at radius 3 is 2.21 bits per heavy atom. The molecule has 0 amide bonds. The molecule has 0 saturated carbocycles. The minimum Gasteiger partial charge on any atom is -0.461 e. The molecule has 0 unspecified atom stereocenters. The van der Waals surface area contributed by atoms with Crippen molar-refractivity contribution in [1.82, 2.24) is 4.98 Å². The van der Waals surface area contributed by atoms with E-state index in [4.69, 9.17) is 38.5 Å². The normalized spacial score (nSPS) is 12.9. The molecule has 0 saturated heterocycles. The first kappa shape index (κ1) is 25.3. The maximum atomic E-state index is 13.7. The van der Waals surface area contributed by atoms with Gasteiger partial charge in [0.1, 0.15) is 15.8 Å². The summed E-state index contributed by atoms with van der Waals surface area (Å²) in [6, 6.07) is 12.5. The highest BCUT2D eigenvalue weighted by molar-refractivity contribution is 6.39. The molecule has 0 aliphatic heterocycles. The van der Waals surface area contributed by atoms with Crippen molar-refractivity contribution in [3.63, 3.8) is 0 Å². The smallest absolute Gasteiger partial charge is 0.416 e. The molecule has 34 heavy (non-hydrogen) atoms. The second-order valence-electron chi connectivity index (χ2n) is 6.80. The van der Waals surface area contributed by atoms with Gasteiger partial charge in [0, 0.05) is 11.1 Å². The van der Waals surface area contributed by atoms with Crippen molar-refractivity contribution < 1.29 is 31.9 Å². The molecule has 1 aromatic heterocycles. The molecule has 0 spiro atoms. The van der Waals surface area contributed by atoms with E-state index in [0.717, 1.165) is 12.1 Å². The molecule has 6 nitrogen and oxygen atoms in total. The summed E-state index contributed by atoms with van der Waals surface area (Å²) in [6.45, 7) is 1.26. The van der Waals surface area contributed by atoms with Gasteiger partial charge in [-0.2, -0.15) is 22.5 Å². The van der Waals surface area contributed by atoms with Crippen molar-refractivity contribution in [2.24, 2.45) is 5.16 Å². The first-order chi connectivity index (χ1) is 16.0. The van der Waals surface area contributed by atoms with Crippen LogP contribution in [0.25, 0.3) is 0 Å². The average molecular weight is 516 g/mol. The van der Waals surface area contributed by atoms with Crippen molar-refractivity contribution in [3.8, 4) is 5.88 Å². The number of hydrogen-bond donors (Lipinski definition) is 1. The Morgan fingerprint density at radius 1 is 1.03 bits per heavy atom. The van der Waals surface area contributed by atoms with Crippen LogP contribution in [-0.4, -0.2) is 22.8 Å². The van der Waals surface area contributed by atoms with Crippen molar-refractivity contribution in [1.29, 1.82) is 0 Å². The predicted octanol–water partition coefficient (Wildman–Crippen LogP) is 5.89. The lowest BCUT2D eigenvalue weighted by Crippen LogP contribution is -2.26. The lowest BCUT2D eigenvalue weighted by molar-refractivity contribution is -0.151. The standard InChI is InChI=1S/C22H15Cl2F4N3O3/c1-11(33-20-16(24)17(29)15(23)19(25)30-20)21(32)34-31-18(12-5-3-2-4-6-12)13-7-9-14(10-8-13)22(26,27)28/h2-11H,1H3,(H2,29,30)/b31-18-/t11-/m1/s1. The van der Waals surface area contributed by atoms with Crippen molar-refractivity contribution >= 4 is 40.6 Å². The van der Waals surface area contributed by atoms with Crippen molar-refractivity contribution in [2.45, 2.75) is 19.2 Å². The highest BCUT2D eigenvalue weighted by Gasteiger charge is 2.30. The summed E-state index contributed by atoms with van der Waals surface area (Å²) < 4.78 is 57.7. The van der Waals surface area contributed by atoms with E-state index in [2.05, 4.69) is 10.1 Å². The van der Waals surface area contributed by atoms with Crippen LogP contribution in [0.5, 0.6) is 5.88 Å². The quantitative estimate of drug-likeness (QED) is 0.145. The van der Waals surface area contributed by atoms with E-state index in [1.165, 1.54) is 19.1 Å². The summed E-state index contributed by atoms with van der Waals surface area (Å²) >= 11 is 11.5. The lowest BCUT2D eigenvalue weighted by atomic mass is 10.0. The van der Waals surface area contributed by atoms with Gasteiger partial charge in [-0.05, 0) is 19.1 Å². The first-order valence-corrected chi connectivity index (χ1v) is 10.2. The molecule has 178 valence electrons. The fraction of sp³-hybridized carbons (Fsp3) is 0.136. The Kier molecular flexibility index (Phi) is 7.63. The van der Waals surface area contributed by atoms with Crippen LogP contribution in [-0.2, 0) is 15.8 Å². The Morgan fingerprint density at radius 2 is 1.62 bits per heavy atom. The van der Waals surface area contributed by atoms with Gasteiger partial charge in [-0.3, -0.25) is 0 Å². The first-order valence-electron chi connectivity index (χ1n) is 9.47. The number of aromatic nitrogens is 1. The molecule has 3 aromatic rings. The minimum atomic E-state index is -4.51. The van der Waals surface area contributed by atoms with Crippen LogP contribution < -0.4 is 10.5 Å². The molecule has 3 rings (SSSR count). The molecule has 2 N–H and O–H groups in total. The highest BCUT2D eigenvalue weighted by atomic mass is 35.5. The Bertz CT molecular complexity index is 1220. The summed E-state index contributed by atoms with van der Waals surface area (Å²) in [7, 11) is 0. The van der Waals surface area contributed by atoms with Crippen LogP contribution in [0, 0.1) is 5.95 Å². The van der Waals surface area contributed by atoms with Crippen LogP contribution in [0.2, 0.25) is 10.0 Å². The third-order valence-electron chi connectivity index (χ3n) is 4.42. The van der Waals surface area contributed by atoms with E-state index in [1.807, 2.05) is 0 Å². The number of rotatable bonds is 6. The Balaban J connectivity index is 1.85. The molecular formula is C22H15Cl2F4N3O3. The van der Waals surface area contributed by atoms with Gasteiger partial charge in [0.15, 0.2) is 6.10 Å². The number of nitrogens with zero attached hydrogens (tertiary/aromatic N) is 2. The van der Waals surface area contributed by atoms with Gasteiger partial charge in [0.2, 0.25) is 11.8 Å². The summed E-state index contributed by atoms with van der Waals surface area (Å²) in [6.07, 6.45) is -5.87. The third-order valence-corrected chi connectivity index (χ3v) is 5.15. The molecule has 1 atom stereocenters. The predicted molar refractivity (Wildman–Crippen MR) is 118 cm³/mol. The molecule has 12 heteroatoms.